The van der Waals surface area contributed by atoms with Crippen LogP contribution in [0.5, 0.6) is 0 Å². The molecule has 0 bridgehead atoms. The third-order valence-electron chi connectivity index (χ3n) is 4.87. The highest BCUT2D eigenvalue weighted by molar-refractivity contribution is 5.51. The molecule has 1 aromatic carbocycles. The minimum atomic E-state index is 0.758. The van der Waals surface area contributed by atoms with Crippen molar-refractivity contribution in [2.75, 3.05) is 14.1 Å². The Morgan fingerprint density at radius 2 is 1.35 bits per heavy atom. The molecule has 0 saturated heterocycles. The lowest BCUT2D eigenvalue weighted by atomic mass is 10.0. The van der Waals surface area contributed by atoms with Crippen molar-refractivity contribution in [1.82, 2.24) is 4.48 Å². The van der Waals surface area contributed by atoms with Gasteiger partial charge in [-0.15, -0.1) is 0 Å². The topological polar surface area (TPSA) is 0 Å². The van der Waals surface area contributed by atoms with E-state index < -0.39 is 0 Å². The van der Waals surface area contributed by atoms with Crippen molar-refractivity contribution in [3.05, 3.63) is 42.6 Å². The summed E-state index contributed by atoms with van der Waals surface area (Å²) in [5.74, 6) is 0. The molecule has 0 aliphatic rings. The van der Waals surface area contributed by atoms with Gasteiger partial charge in [-0.2, -0.15) is 0 Å². The SMILES string of the molecule is C=C[N+](C)(C)c1ccccc1CCCCCCCCCCCC. The molecule has 0 saturated carbocycles. The van der Waals surface area contributed by atoms with Crippen molar-refractivity contribution in [2.45, 2.75) is 77.6 Å². The zero-order chi connectivity index (χ0) is 17.0. The Morgan fingerprint density at radius 3 is 1.91 bits per heavy atom. The number of hydrogen-bond donors (Lipinski definition) is 0. The zero-order valence-corrected chi connectivity index (χ0v) is 15.8. The van der Waals surface area contributed by atoms with Gasteiger partial charge in [0.05, 0.1) is 20.3 Å². The molecule has 0 spiro atoms. The van der Waals surface area contributed by atoms with E-state index in [1.165, 1.54) is 81.9 Å². The molecule has 0 fully saturated rings. The predicted octanol–water partition coefficient (Wildman–Crippen LogP) is 6.86. The van der Waals surface area contributed by atoms with Crippen molar-refractivity contribution in [3.63, 3.8) is 0 Å². The molecule has 0 N–H and O–H groups in total. The summed E-state index contributed by atoms with van der Waals surface area (Å²) in [4.78, 5) is 0. The van der Waals surface area contributed by atoms with Gasteiger partial charge in [0.2, 0.25) is 0 Å². The second-order valence-electron chi connectivity index (χ2n) is 7.28. The van der Waals surface area contributed by atoms with Gasteiger partial charge in [0.1, 0.15) is 5.69 Å². The summed E-state index contributed by atoms with van der Waals surface area (Å²) >= 11 is 0. The number of nitrogens with zero attached hydrogens (tertiary/aromatic N) is 1. The lowest BCUT2D eigenvalue weighted by Crippen LogP contribution is -2.34. The molecule has 1 aromatic rings. The van der Waals surface area contributed by atoms with E-state index in [0.29, 0.717) is 0 Å². The molecule has 0 unspecified atom stereocenters. The monoisotopic (exact) mass is 316 g/mol. The molecule has 0 atom stereocenters. The van der Waals surface area contributed by atoms with Crippen LogP contribution in [0.25, 0.3) is 0 Å². The van der Waals surface area contributed by atoms with Crippen LogP contribution in [0.4, 0.5) is 5.69 Å². The Balaban J connectivity index is 2.21. The Bertz CT molecular complexity index is 433. The molecule has 1 rings (SSSR count). The fourth-order valence-electron chi connectivity index (χ4n) is 3.19. The van der Waals surface area contributed by atoms with Gasteiger partial charge in [0.25, 0.3) is 0 Å². The first-order valence-electron chi connectivity index (χ1n) is 9.67. The Labute approximate surface area is 145 Å². The van der Waals surface area contributed by atoms with Gasteiger partial charge in [-0.25, -0.2) is 0 Å². The summed E-state index contributed by atoms with van der Waals surface area (Å²) in [7, 11) is 4.40. The summed E-state index contributed by atoms with van der Waals surface area (Å²) in [5.41, 5.74) is 2.87. The van der Waals surface area contributed by atoms with Crippen LogP contribution in [0.15, 0.2) is 37.0 Å². The van der Waals surface area contributed by atoms with Crippen molar-refractivity contribution in [2.24, 2.45) is 0 Å². The van der Waals surface area contributed by atoms with Crippen LogP contribution < -0.4 is 4.48 Å². The summed E-state index contributed by atoms with van der Waals surface area (Å²) < 4.78 is 0.758. The van der Waals surface area contributed by atoms with Gasteiger partial charge in [-0.3, -0.25) is 4.48 Å². The number of benzene rings is 1. The van der Waals surface area contributed by atoms with E-state index in [-0.39, 0.29) is 0 Å². The molecule has 1 nitrogen and oxygen atoms in total. The Kier molecular flexibility index (Phi) is 9.94. The second-order valence-corrected chi connectivity index (χ2v) is 7.28. The largest absolute Gasteiger partial charge is 0.270 e. The molecule has 1 heteroatoms. The van der Waals surface area contributed by atoms with Gasteiger partial charge in [0, 0.05) is 5.56 Å². The van der Waals surface area contributed by atoms with Crippen LogP contribution >= 0.6 is 0 Å². The standard InChI is InChI=1S/C22H38N/c1-5-7-8-9-10-11-12-13-14-15-18-21-19-16-17-20-22(21)23(3,4)6-2/h6,16-17,19-20H,2,5,7-15,18H2,1,3-4H3/q+1. The highest BCUT2D eigenvalue weighted by Gasteiger charge is 2.18. The van der Waals surface area contributed by atoms with E-state index >= 15 is 0 Å². The van der Waals surface area contributed by atoms with Crippen LogP contribution in [-0.2, 0) is 6.42 Å². The summed E-state index contributed by atoms with van der Waals surface area (Å²) in [5, 5.41) is 0. The summed E-state index contributed by atoms with van der Waals surface area (Å²) in [6.45, 7) is 6.26. The summed E-state index contributed by atoms with van der Waals surface area (Å²) in [6.07, 6.45) is 17.2. The fourth-order valence-corrected chi connectivity index (χ4v) is 3.19. The first-order chi connectivity index (χ1) is 11.1. The lowest BCUT2D eigenvalue weighted by molar-refractivity contribution is 0.531. The van der Waals surface area contributed by atoms with Crippen LogP contribution in [0.3, 0.4) is 0 Å². The van der Waals surface area contributed by atoms with Gasteiger partial charge in [-0.05, 0) is 25.5 Å². The number of quaternary nitrogens is 1. The average Bonchev–Trinajstić information content (AvgIpc) is 2.57. The molecular weight excluding hydrogens is 278 g/mol. The number of aryl methyl sites for hydroxylation is 1. The lowest BCUT2D eigenvalue weighted by Gasteiger charge is -2.26. The van der Waals surface area contributed by atoms with Gasteiger partial charge in [-0.1, -0.05) is 82.9 Å². The molecule has 0 heterocycles. The molecule has 0 aliphatic heterocycles. The van der Waals surface area contributed by atoms with E-state index in [0.717, 1.165) is 4.48 Å². The number of rotatable bonds is 13. The maximum absolute atomic E-state index is 3.98. The molecular formula is C22H38N+. The minimum absolute atomic E-state index is 0.758. The number of unbranched alkanes of at least 4 members (excludes halogenated alkanes) is 9. The van der Waals surface area contributed by atoms with E-state index in [9.17, 15) is 0 Å². The van der Waals surface area contributed by atoms with Gasteiger partial charge < -0.3 is 0 Å². The predicted molar refractivity (Wildman–Crippen MR) is 106 cm³/mol. The molecule has 0 radical (unpaired) electrons. The third-order valence-corrected chi connectivity index (χ3v) is 4.87. The zero-order valence-electron chi connectivity index (χ0n) is 15.8. The minimum Gasteiger partial charge on any atom is -0.270 e. The highest BCUT2D eigenvalue weighted by Crippen LogP contribution is 2.26. The van der Waals surface area contributed by atoms with Crippen molar-refractivity contribution in [3.8, 4) is 0 Å². The van der Waals surface area contributed by atoms with E-state index in [1.54, 1.807) is 0 Å². The van der Waals surface area contributed by atoms with Crippen LogP contribution in [0, 0.1) is 0 Å². The van der Waals surface area contributed by atoms with Crippen molar-refractivity contribution in [1.29, 1.82) is 0 Å². The van der Waals surface area contributed by atoms with Crippen LogP contribution in [0.1, 0.15) is 76.7 Å². The average molecular weight is 317 g/mol. The number of para-hydroxylation sites is 1. The summed E-state index contributed by atoms with van der Waals surface area (Å²) in [6, 6.07) is 8.83. The van der Waals surface area contributed by atoms with Crippen molar-refractivity contribution >= 4 is 5.69 Å². The molecule has 0 aromatic heterocycles. The normalized spacial score (nSPS) is 11.6. The Hall–Kier alpha value is -1.08. The maximum atomic E-state index is 3.98. The van der Waals surface area contributed by atoms with Crippen LogP contribution in [-0.4, -0.2) is 14.1 Å². The third kappa shape index (κ3) is 7.83. The van der Waals surface area contributed by atoms with E-state index in [2.05, 4.69) is 51.9 Å². The van der Waals surface area contributed by atoms with Gasteiger partial charge >= 0.3 is 0 Å². The quantitative estimate of drug-likeness (QED) is 0.275. The first-order valence-corrected chi connectivity index (χ1v) is 9.67. The molecule has 23 heavy (non-hydrogen) atoms. The second kappa shape index (κ2) is 11.5. The Morgan fingerprint density at radius 1 is 0.826 bits per heavy atom. The molecule has 130 valence electrons. The number of hydrogen-bond acceptors (Lipinski definition) is 0. The fraction of sp³-hybridized carbons (Fsp3) is 0.636. The molecule has 0 aliphatic carbocycles. The van der Waals surface area contributed by atoms with E-state index in [4.69, 9.17) is 0 Å². The first kappa shape index (κ1) is 20.0. The van der Waals surface area contributed by atoms with E-state index in [1.807, 2.05) is 6.20 Å². The smallest absolute Gasteiger partial charge is 0.140 e. The van der Waals surface area contributed by atoms with Crippen LogP contribution in [0.2, 0.25) is 0 Å². The molecule has 0 amide bonds. The van der Waals surface area contributed by atoms with Crippen molar-refractivity contribution < 1.29 is 0 Å². The highest BCUT2D eigenvalue weighted by atomic mass is 15.3. The maximum Gasteiger partial charge on any atom is 0.140 e. The van der Waals surface area contributed by atoms with Gasteiger partial charge in [0.15, 0.2) is 0 Å².